The minimum atomic E-state index is -0.388. The van der Waals surface area contributed by atoms with Crippen molar-refractivity contribution in [3.05, 3.63) is 62.5 Å². The van der Waals surface area contributed by atoms with Crippen molar-refractivity contribution in [2.24, 2.45) is 0 Å². The number of hydrogen-bond donors (Lipinski definition) is 0. The van der Waals surface area contributed by atoms with E-state index in [1.54, 1.807) is 12.1 Å². The van der Waals surface area contributed by atoms with E-state index >= 15 is 0 Å². The van der Waals surface area contributed by atoms with Gasteiger partial charge in [-0.2, -0.15) is 0 Å². The zero-order valence-electron chi connectivity index (χ0n) is 12.4. The first-order chi connectivity index (χ1) is 10.5. The molecule has 0 fully saturated rings. The number of halogens is 2. The van der Waals surface area contributed by atoms with E-state index in [2.05, 4.69) is 22.6 Å². The van der Waals surface area contributed by atoms with Gasteiger partial charge in [-0.15, -0.1) is 0 Å². The molecule has 0 aromatic heterocycles. The van der Waals surface area contributed by atoms with Crippen LogP contribution in [-0.4, -0.2) is 13.1 Å². The standard InChI is InChI=1S/C17H16FIO3/c1-11-6-7-16(14(18)8-11)22-10-13-12(9-17(20)21-2)4-3-5-15(13)19/h3-8H,9-10H2,1-2H3. The molecular formula is C17H16FIO3. The summed E-state index contributed by atoms with van der Waals surface area (Å²) in [4.78, 5) is 11.5. The van der Waals surface area contributed by atoms with Gasteiger partial charge in [0.2, 0.25) is 0 Å². The van der Waals surface area contributed by atoms with Crippen LogP contribution in [-0.2, 0) is 22.6 Å². The molecule has 0 aliphatic rings. The van der Waals surface area contributed by atoms with Gasteiger partial charge in [-0.05, 0) is 58.8 Å². The van der Waals surface area contributed by atoms with Crippen LogP contribution in [0.1, 0.15) is 16.7 Å². The lowest BCUT2D eigenvalue weighted by atomic mass is 10.1. The van der Waals surface area contributed by atoms with Gasteiger partial charge in [0.05, 0.1) is 13.5 Å². The smallest absolute Gasteiger partial charge is 0.309 e. The molecule has 0 heterocycles. The molecule has 0 atom stereocenters. The summed E-state index contributed by atoms with van der Waals surface area (Å²) in [6.45, 7) is 2.02. The molecule has 0 bridgehead atoms. The monoisotopic (exact) mass is 414 g/mol. The lowest BCUT2D eigenvalue weighted by molar-refractivity contribution is -0.139. The van der Waals surface area contributed by atoms with Crippen molar-refractivity contribution in [1.82, 2.24) is 0 Å². The van der Waals surface area contributed by atoms with Crippen molar-refractivity contribution in [1.29, 1.82) is 0 Å². The molecule has 0 unspecified atom stereocenters. The average Bonchev–Trinajstić information content (AvgIpc) is 2.48. The summed E-state index contributed by atoms with van der Waals surface area (Å²) in [5.41, 5.74) is 2.53. The third-order valence-electron chi connectivity index (χ3n) is 3.24. The Balaban J connectivity index is 2.19. The Morgan fingerprint density at radius 2 is 2.05 bits per heavy atom. The van der Waals surface area contributed by atoms with E-state index in [4.69, 9.17) is 9.47 Å². The van der Waals surface area contributed by atoms with Crippen molar-refractivity contribution >= 4 is 28.6 Å². The van der Waals surface area contributed by atoms with Crippen LogP contribution in [0.15, 0.2) is 36.4 Å². The molecule has 5 heteroatoms. The van der Waals surface area contributed by atoms with Gasteiger partial charge in [-0.25, -0.2) is 4.39 Å². The third kappa shape index (κ3) is 4.19. The second kappa shape index (κ2) is 7.58. The van der Waals surface area contributed by atoms with Crippen LogP contribution < -0.4 is 4.74 Å². The summed E-state index contributed by atoms with van der Waals surface area (Å²) in [6, 6.07) is 10.5. The minimum Gasteiger partial charge on any atom is -0.486 e. The SMILES string of the molecule is COC(=O)Cc1cccc(I)c1COc1ccc(C)cc1F. The van der Waals surface area contributed by atoms with Crippen LogP contribution in [0.2, 0.25) is 0 Å². The molecule has 22 heavy (non-hydrogen) atoms. The fraction of sp³-hybridized carbons (Fsp3) is 0.235. The Labute approximate surface area is 142 Å². The zero-order valence-corrected chi connectivity index (χ0v) is 14.5. The second-order valence-electron chi connectivity index (χ2n) is 4.85. The number of methoxy groups -OCH3 is 1. The van der Waals surface area contributed by atoms with Gasteiger partial charge in [0.15, 0.2) is 11.6 Å². The van der Waals surface area contributed by atoms with E-state index in [9.17, 15) is 9.18 Å². The van der Waals surface area contributed by atoms with Crippen molar-refractivity contribution < 1.29 is 18.7 Å². The first kappa shape index (κ1) is 16.7. The van der Waals surface area contributed by atoms with E-state index in [1.165, 1.54) is 13.2 Å². The van der Waals surface area contributed by atoms with Crippen molar-refractivity contribution in [2.75, 3.05) is 7.11 Å². The Bertz CT molecular complexity index is 686. The number of carbonyl (C=O) groups is 1. The maximum Gasteiger partial charge on any atom is 0.309 e. The number of esters is 1. The number of benzene rings is 2. The number of carbonyl (C=O) groups excluding carboxylic acids is 1. The van der Waals surface area contributed by atoms with Gasteiger partial charge >= 0.3 is 5.97 Å². The maximum atomic E-state index is 13.8. The molecule has 0 aliphatic heterocycles. The molecule has 0 saturated heterocycles. The molecule has 2 rings (SSSR count). The van der Waals surface area contributed by atoms with Crippen LogP contribution in [0.25, 0.3) is 0 Å². The van der Waals surface area contributed by atoms with Crippen molar-refractivity contribution in [2.45, 2.75) is 20.0 Å². The third-order valence-corrected chi connectivity index (χ3v) is 4.25. The fourth-order valence-electron chi connectivity index (χ4n) is 2.03. The van der Waals surface area contributed by atoms with Crippen LogP contribution >= 0.6 is 22.6 Å². The van der Waals surface area contributed by atoms with Crippen molar-refractivity contribution in [3.63, 3.8) is 0 Å². The highest BCUT2D eigenvalue weighted by Gasteiger charge is 2.12. The maximum absolute atomic E-state index is 13.8. The predicted molar refractivity (Wildman–Crippen MR) is 90.3 cm³/mol. The number of aryl methyl sites for hydroxylation is 1. The van der Waals surface area contributed by atoms with E-state index in [1.807, 2.05) is 25.1 Å². The molecule has 2 aromatic carbocycles. The Morgan fingerprint density at radius 1 is 1.27 bits per heavy atom. The van der Waals surface area contributed by atoms with Gasteiger partial charge in [0.1, 0.15) is 6.61 Å². The molecule has 0 saturated carbocycles. The summed E-state index contributed by atoms with van der Waals surface area (Å²) in [7, 11) is 1.36. The van der Waals surface area contributed by atoms with E-state index < -0.39 is 0 Å². The molecule has 0 aliphatic carbocycles. The highest BCUT2D eigenvalue weighted by atomic mass is 127. The van der Waals surface area contributed by atoms with Crippen LogP contribution in [0.3, 0.4) is 0 Å². The summed E-state index contributed by atoms with van der Waals surface area (Å²) >= 11 is 2.18. The molecule has 116 valence electrons. The van der Waals surface area contributed by atoms with Crippen molar-refractivity contribution in [3.8, 4) is 5.75 Å². The summed E-state index contributed by atoms with van der Waals surface area (Å²) < 4.78 is 25.1. The topological polar surface area (TPSA) is 35.5 Å². The highest BCUT2D eigenvalue weighted by molar-refractivity contribution is 14.1. The van der Waals surface area contributed by atoms with E-state index in [-0.39, 0.29) is 30.6 Å². The number of ether oxygens (including phenoxy) is 2. The highest BCUT2D eigenvalue weighted by Crippen LogP contribution is 2.23. The minimum absolute atomic E-state index is 0.169. The predicted octanol–water partition coefficient (Wildman–Crippen LogP) is 4.03. The van der Waals surface area contributed by atoms with Gasteiger partial charge in [0.25, 0.3) is 0 Å². The van der Waals surface area contributed by atoms with E-state index in [0.717, 1.165) is 20.3 Å². The van der Waals surface area contributed by atoms with Gasteiger partial charge < -0.3 is 9.47 Å². The van der Waals surface area contributed by atoms with Crippen LogP contribution in [0, 0.1) is 16.3 Å². The first-order valence-corrected chi connectivity index (χ1v) is 7.81. The molecule has 2 aromatic rings. The molecule has 0 spiro atoms. The molecule has 0 N–H and O–H groups in total. The molecular weight excluding hydrogens is 398 g/mol. The van der Waals surface area contributed by atoms with Crippen LogP contribution in [0.4, 0.5) is 4.39 Å². The second-order valence-corrected chi connectivity index (χ2v) is 6.02. The van der Waals surface area contributed by atoms with Gasteiger partial charge in [-0.1, -0.05) is 18.2 Å². The largest absolute Gasteiger partial charge is 0.486 e. The van der Waals surface area contributed by atoms with E-state index in [0.29, 0.717) is 0 Å². The average molecular weight is 414 g/mol. The molecule has 0 amide bonds. The summed E-state index contributed by atoms with van der Waals surface area (Å²) in [6.07, 6.45) is 0.169. The number of hydrogen-bond acceptors (Lipinski definition) is 3. The lowest BCUT2D eigenvalue weighted by Gasteiger charge is -2.13. The van der Waals surface area contributed by atoms with Gasteiger partial charge in [-0.3, -0.25) is 4.79 Å². The Morgan fingerprint density at radius 3 is 2.73 bits per heavy atom. The first-order valence-electron chi connectivity index (χ1n) is 6.73. The quantitative estimate of drug-likeness (QED) is 0.548. The zero-order chi connectivity index (χ0) is 16.1. The molecule has 0 radical (unpaired) electrons. The summed E-state index contributed by atoms with van der Waals surface area (Å²) in [5.74, 6) is -0.500. The fourth-order valence-corrected chi connectivity index (χ4v) is 2.74. The summed E-state index contributed by atoms with van der Waals surface area (Å²) in [5, 5.41) is 0. The normalized spacial score (nSPS) is 10.4. The molecule has 3 nitrogen and oxygen atoms in total. The lowest BCUT2D eigenvalue weighted by Crippen LogP contribution is -2.10. The Hall–Kier alpha value is -1.63. The van der Waals surface area contributed by atoms with Gasteiger partial charge in [0, 0.05) is 9.13 Å². The Kier molecular flexibility index (Phi) is 5.76. The van der Waals surface area contributed by atoms with Crippen LogP contribution in [0.5, 0.6) is 5.75 Å². The number of rotatable bonds is 5.